The maximum atomic E-state index is 11.0. The third kappa shape index (κ3) is 2.41. The van der Waals surface area contributed by atoms with Crippen LogP contribution in [0.1, 0.15) is 11.1 Å². The summed E-state index contributed by atoms with van der Waals surface area (Å²) in [7, 11) is 0. The number of carboxylic acids is 1. The lowest BCUT2D eigenvalue weighted by atomic mass is 10.1. The Balaban J connectivity index is 1.43. The SMILES string of the molecule is O=C(O)C1C2CN(Cc3ccccc3Cn3cccn3)CC21. The third-order valence-corrected chi connectivity index (χ3v) is 4.96. The lowest BCUT2D eigenvalue weighted by molar-refractivity contribution is -0.139. The van der Waals surface area contributed by atoms with Crippen LogP contribution in [0, 0.1) is 17.8 Å². The van der Waals surface area contributed by atoms with Gasteiger partial charge in [-0.1, -0.05) is 24.3 Å². The van der Waals surface area contributed by atoms with Crippen LogP contribution in [-0.2, 0) is 17.9 Å². The van der Waals surface area contributed by atoms with Gasteiger partial charge in [-0.25, -0.2) is 0 Å². The number of aromatic nitrogens is 2. The minimum atomic E-state index is -0.617. The van der Waals surface area contributed by atoms with Gasteiger partial charge in [-0.15, -0.1) is 0 Å². The average molecular weight is 297 g/mol. The molecule has 2 atom stereocenters. The Kier molecular flexibility index (Phi) is 3.22. The molecule has 0 radical (unpaired) electrons. The summed E-state index contributed by atoms with van der Waals surface area (Å²) in [4.78, 5) is 13.4. The Morgan fingerprint density at radius 3 is 2.41 bits per heavy atom. The van der Waals surface area contributed by atoms with Gasteiger partial charge >= 0.3 is 5.97 Å². The van der Waals surface area contributed by atoms with E-state index >= 15 is 0 Å². The van der Waals surface area contributed by atoms with Crippen molar-refractivity contribution in [1.29, 1.82) is 0 Å². The molecule has 2 heterocycles. The van der Waals surface area contributed by atoms with Gasteiger partial charge in [0.1, 0.15) is 0 Å². The van der Waals surface area contributed by atoms with Crippen molar-refractivity contribution in [1.82, 2.24) is 14.7 Å². The first-order valence-corrected chi connectivity index (χ1v) is 7.72. The molecular formula is C17H19N3O2. The number of nitrogens with zero attached hydrogens (tertiary/aromatic N) is 3. The molecule has 4 rings (SSSR count). The molecule has 1 N–H and O–H groups in total. The first kappa shape index (κ1) is 13.5. The Labute approximate surface area is 129 Å². The number of hydrogen-bond donors (Lipinski definition) is 1. The largest absolute Gasteiger partial charge is 0.481 e. The highest BCUT2D eigenvalue weighted by Gasteiger charge is 2.59. The lowest BCUT2D eigenvalue weighted by Crippen LogP contribution is -2.26. The summed E-state index contributed by atoms with van der Waals surface area (Å²) in [5.74, 6) is 0.0378. The van der Waals surface area contributed by atoms with Gasteiger partial charge in [0.15, 0.2) is 0 Å². The van der Waals surface area contributed by atoms with Crippen molar-refractivity contribution >= 4 is 5.97 Å². The average Bonchev–Trinajstić information content (AvgIpc) is 2.88. The number of piperidine rings is 1. The van der Waals surface area contributed by atoms with E-state index in [1.165, 1.54) is 11.1 Å². The van der Waals surface area contributed by atoms with E-state index in [1.807, 2.05) is 16.9 Å². The number of benzene rings is 1. The van der Waals surface area contributed by atoms with E-state index in [0.717, 1.165) is 26.2 Å². The minimum absolute atomic E-state index is 0.0874. The van der Waals surface area contributed by atoms with Gasteiger partial charge in [0, 0.05) is 32.0 Å². The summed E-state index contributed by atoms with van der Waals surface area (Å²) in [6.45, 7) is 3.51. The summed E-state index contributed by atoms with van der Waals surface area (Å²) >= 11 is 0. The van der Waals surface area contributed by atoms with Crippen molar-refractivity contribution in [2.45, 2.75) is 13.1 Å². The normalized spacial score (nSPS) is 26.8. The molecule has 22 heavy (non-hydrogen) atoms. The molecule has 0 bridgehead atoms. The fourth-order valence-electron chi connectivity index (χ4n) is 3.78. The van der Waals surface area contributed by atoms with Gasteiger partial charge in [0.2, 0.25) is 0 Å². The fraction of sp³-hybridized carbons (Fsp3) is 0.412. The summed E-state index contributed by atoms with van der Waals surface area (Å²) in [6.07, 6.45) is 3.77. The van der Waals surface area contributed by atoms with Gasteiger partial charge in [-0.3, -0.25) is 14.4 Å². The second kappa shape index (κ2) is 5.25. The highest BCUT2D eigenvalue weighted by Crippen LogP contribution is 2.52. The Morgan fingerprint density at radius 1 is 1.14 bits per heavy atom. The number of rotatable bonds is 5. The van der Waals surface area contributed by atoms with Crippen LogP contribution in [0.5, 0.6) is 0 Å². The van der Waals surface area contributed by atoms with E-state index in [0.29, 0.717) is 11.8 Å². The quantitative estimate of drug-likeness (QED) is 0.912. The van der Waals surface area contributed by atoms with Crippen molar-refractivity contribution in [2.75, 3.05) is 13.1 Å². The molecule has 1 aromatic heterocycles. The topological polar surface area (TPSA) is 58.4 Å². The molecule has 0 amide bonds. The molecule has 5 heteroatoms. The molecule has 0 spiro atoms. The molecule has 114 valence electrons. The van der Waals surface area contributed by atoms with Crippen LogP contribution in [0.4, 0.5) is 0 Å². The number of fused-ring (bicyclic) bond motifs is 1. The first-order chi connectivity index (χ1) is 10.7. The summed E-state index contributed by atoms with van der Waals surface area (Å²) in [6, 6.07) is 10.4. The highest BCUT2D eigenvalue weighted by molar-refractivity contribution is 5.74. The standard InChI is InChI=1S/C17H19N3O2/c21-17(22)16-14-10-19(11-15(14)16)8-12-4-1-2-5-13(12)9-20-7-3-6-18-20/h1-7,14-16H,8-11H2,(H,21,22). The monoisotopic (exact) mass is 297 g/mol. The van der Waals surface area contributed by atoms with E-state index in [1.54, 1.807) is 6.20 Å². The molecule has 2 aliphatic rings. The van der Waals surface area contributed by atoms with Crippen molar-refractivity contribution in [3.05, 3.63) is 53.9 Å². The fourth-order valence-corrected chi connectivity index (χ4v) is 3.78. The van der Waals surface area contributed by atoms with Gasteiger partial charge in [-0.2, -0.15) is 5.10 Å². The number of aliphatic carboxylic acids is 1. The molecular weight excluding hydrogens is 278 g/mol. The number of likely N-dealkylation sites (tertiary alicyclic amines) is 1. The molecule has 1 aliphatic carbocycles. The lowest BCUT2D eigenvalue weighted by Gasteiger charge is -2.20. The summed E-state index contributed by atoms with van der Waals surface area (Å²) < 4.78 is 1.93. The first-order valence-electron chi connectivity index (χ1n) is 7.72. The molecule has 2 aromatic rings. The molecule has 2 fully saturated rings. The molecule has 1 aromatic carbocycles. The Bertz CT molecular complexity index is 671. The maximum absolute atomic E-state index is 11.0. The van der Waals surface area contributed by atoms with Crippen LogP contribution in [0.3, 0.4) is 0 Å². The predicted octanol–water partition coefficient (Wildman–Crippen LogP) is 1.69. The van der Waals surface area contributed by atoms with E-state index in [4.69, 9.17) is 5.11 Å². The molecule has 1 saturated carbocycles. The zero-order valence-electron chi connectivity index (χ0n) is 12.3. The molecule has 1 saturated heterocycles. The van der Waals surface area contributed by atoms with E-state index in [9.17, 15) is 4.79 Å². The van der Waals surface area contributed by atoms with Crippen LogP contribution in [0.15, 0.2) is 42.7 Å². The van der Waals surface area contributed by atoms with E-state index in [-0.39, 0.29) is 5.92 Å². The van der Waals surface area contributed by atoms with Crippen LogP contribution in [-0.4, -0.2) is 38.8 Å². The van der Waals surface area contributed by atoms with Gasteiger partial charge in [-0.05, 0) is 29.0 Å². The van der Waals surface area contributed by atoms with E-state index in [2.05, 4.69) is 34.3 Å². The number of carboxylic acid groups (broad SMARTS) is 1. The van der Waals surface area contributed by atoms with Crippen molar-refractivity contribution in [2.24, 2.45) is 17.8 Å². The summed E-state index contributed by atoms with van der Waals surface area (Å²) in [5, 5.41) is 13.4. The number of hydrogen-bond acceptors (Lipinski definition) is 3. The molecule has 1 aliphatic heterocycles. The molecule has 5 nitrogen and oxygen atoms in total. The molecule has 2 unspecified atom stereocenters. The van der Waals surface area contributed by atoms with Crippen molar-refractivity contribution in [3.63, 3.8) is 0 Å². The third-order valence-electron chi connectivity index (χ3n) is 4.96. The maximum Gasteiger partial charge on any atom is 0.307 e. The van der Waals surface area contributed by atoms with Crippen molar-refractivity contribution in [3.8, 4) is 0 Å². The van der Waals surface area contributed by atoms with Crippen LogP contribution in [0.2, 0.25) is 0 Å². The minimum Gasteiger partial charge on any atom is -0.481 e. The zero-order chi connectivity index (χ0) is 15.1. The van der Waals surface area contributed by atoms with E-state index < -0.39 is 5.97 Å². The van der Waals surface area contributed by atoms with Crippen LogP contribution >= 0.6 is 0 Å². The zero-order valence-corrected chi connectivity index (χ0v) is 12.3. The predicted molar refractivity (Wildman–Crippen MR) is 81.2 cm³/mol. The van der Waals surface area contributed by atoms with Gasteiger partial charge in [0.25, 0.3) is 0 Å². The van der Waals surface area contributed by atoms with Crippen LogP contribution < -0.4 is 0 Å². The number of carbonyl (C=O) groups is 1. The summed E-state index contributed by atoms with van der Waals surface area (Å²) in [5.41, 5.74) is 2.59. The Morgan fingerprint density at radius 2 is 1.82 bits per heavy atom. The van der Waals surface area contributed by atoms with Crippen LogP contribution in [0.25, 0.3) is 0 Å². The Hall–Kier alpha value is -2.14. The van der Waals surface area contributed by atoms with Crippen molar-refractivity contribution < 1.29 is 9.90 Å². The second-order valence-electron chi connectivity index (χ2n) is 6.36. The van der Waals surface area contributed by atoms with Gasteiger partial charge in [0.05, 0.1) is 12.5 Å². The highest BCUT2D eigenvalue weighted by atomic mass is 16.4. The smallest absolute Gasteiger partial charge is 0.307 e. The second-order valence-corrected chi connectivity index (χ2v) is 6.36. The van der Waals surface area contributed by atoms with Gasteiger partial charge < -0.3 is 5.11 Å².